The molecule has 0 spiro atoms. The molecule has 0 heterocycles. The maximum absolute atomic E-state index is 13.8. The summed E-state index contributed by atoms with van der Waals surface area (Å²) in [6.45, 7) is -0.171. The van der Waals surface area contributed by atoms with E-state index in [4.69, 9.17) is 27.2 Å². The molecule has 1 aliphatic rings. The largest absolute Gasteiger partial charge is 0.366 e. The summed E-state index contributed by atoms with van der Waals surface area (Å²) in [5, 5.41) is 14.6. The predicted molar refractivity (Wildman–Crippen MR) is 58.2 cm³/mol. The van der Waals surface area contributed by atoms with Crippen molar-refractivity contribution in [3.63, 3.8) is 0 Å². The standard InChI is InChI=1S/C8H9BrClF3N2O/c9-8(13)6(16-2-1-10)5(15)4(14)3-7(8,11)12/h6,14-15H,1-3H2. The van der Waals surface area contributed by atoms with Crippen molar-refractivity contribution in [2.75, 3.05) is 12.5 Å². The molecular weight excluding hydrogens is 312 g/mol. The average molecular weight is 322 g/mol. The van der Waals surface area contributed by atoms with E-state index in [0.29, 0.717) is 0 Å². The lowest BCUT2D eigenvalue weighted by Gasteiger charge is -2.39. The molecule has 1 aliphatic carbocycles. The Morgan fingerprint density at radius 3 is 2.50 bits per heavy atom. The number of halogens is 5. The van der Waals surface area contributed by atoms with Crippen LogP contribution in [0.15, 0.2) is 0 Å². The van der Waals surface area contributed by atoms with Gasteiger partial charge in [-0.05, 0) is 15.9 Å². The maximum atomic E-state index is 13.8. The molecule has 8 heteroatoms. The topological polar surface area (TPSA) is 56.9 Å². The molecule has 1 saturated carbocycles. The van der Waals surface area contributed by atoms with Crippen molar-refractivity contribution in [1.29, 1.82) is 10.8 Å². The second-order valence-electron chi connectivity index (χ2n) is 3.34. The molecule has 1 rings (SSSR count). The molecule has 16 heavy (non-hydrogen) atoms. The zero-order valence-corrected chi connectivity index (χ0v) is 10.3. The van der Waals surface area contributed by atoms with Gasteiger partial charge in [0, 0.05) is 5.88 Å². The SMILES string of the molecule is N=C1CC(F)(F)C(F)(Br)C(OCCCl)C1=N. The zero-order valence-electron chi connectivity index (χ0n) is 8.00. The molecule has 92 valence electrons. The van der Waals surface area contributed by atoms with Gasteiger partial charge in [0.05, 0.1) is 24.5 Å². The van der Waals surface area contributed by atoms with E-state index in [9.17, 15) is 13.2 Å². The summed E-state index contributed by atoms with van der Waals surface area (Å²) in [7, 11) is 0. The second kappa shape index (κ2) is 4.62. The fourth-order valence-corrected chi connectivity index (χ4v) is 1.91. The molecule has 2 unspecified atom stereocenters. The number of ether oxygens (including phenoxy) is 1. The normalized spacial score (nSPS) is 34.2. The van der Waals surface area contributed by atoms with Crippen molar-refractivity contribution in [2.45, 2.75) is 23.0 Å². The van der Waals surface area contributed by atoms with Crippen molar-refractivity contribution in [3.05, 3.63) is 0 Å². The van der Waals surface area contributed by atoms with Gasteiger partial charge in [-0.1, -0.05) is 0 Å². The summed E-state index contributed by atoms with van der Waals surface area (Å²) in [5.41, 5.74) is -1.22. The number of nitrogens with one attached hydrogen (secondary N) is 2. The summed E-state index contributed by atoms with van der Waals surface area (Å²) in [4.78, 5) is 0. The van der Waals surface area contributed by atoms with Gasteiger partial charge in [-0.2, -0.15) is 0 Å². The van der Waals surface area contributed by atoms with Gasteiger partial charge in [-0.25, -0.2) is 13.2 Å². The van der Waals surface area contributed by atoms with E-state index >= 15 is 0 Å². The van der Waals surface area contributed by atoms with Gasteiger partial charge in [-0.3, -0.25) is 0 Å². The monoisotopic (exact) mass is 320 g/mol. The molecule has 0 bridgehead atoms. The first-order chi connectivity index (χ1) is 7.24. The third-order valence-electron chi connectivity index (χ3n) is 2.16. The smallest absolute Gasteiger partial charge is 0.299 e. The number of alkyl halides is 5. The number of hydrogen-bond donors (Lipinski definition) is 2. The minimum atomic E-state index is -3.79. The van der Waals surface area contributed by atoms with Gasteiger partial charge in [0.25, 0.3) is 10.5 Å². The highest BCUT2D eigenvalue weighted by Crippen LogP contribution is 2.47. The fraction of sp³-hybridized carbons (Fsp3) is 0.750. The van der Waals surface area contributed by atoms with Crippen molar-refractivity contribution in [1.82, 2.24) is 0 Å². The highest BCUT2D eigenvalue weighted by molar-refractivity contribution is 9.10. The van der Waals surface area contributed by atoms with E-state index in [1.165, 1.54) is 0 Å². The van der Waals surface area contributed by atoms with Crippen LogP contribution in [0.4, 0.5) is 13.2 Å². The Labute approximate surface area is 103 Å². The van der Waals surface area contributed by atoms with Gasteiger partial charge >= 0.3 is 0 Å². The minimum absolute atomic E-state index is 0.00817. The van der Waals surface area contributed by atoms with Crippen molar-refractivity contribution < 1.29 is 17.9 Å². The maximum Gasteiger partial charge on any atom is 0.299 e. The van der Waals surface area contributed by atoms with Crippen LogP contribution < -0.4 is 0 Å². The minimum Gasteiger partial charge on any atom is -0.366 e. The molecule has 0 aliphatic heterocycles. The molecule has 0 aromatic rings. The lowest BCUT2D eigenvalue weighted by atomic mass is 9.88. The van der Waals surface area contributed by atoms with Crippen molar-refractivity contribution >= 4 is 39.0 Å². The lowest BCUT2D eigenvalue weighted by molar-refractivity contribution is -0.128. The molecule has 0 aromatic heterocycles. The Hall–Kier alpha value is -0.140. The van der Waals surface area contributed by atoms with Crippen LogP contribution >= 0.6 is 27.5 Å². The Morgan fingerprint density at radius 2 is 2.00 bits per heavy atom. The molecule has 0 amide bonds. The van der Waals surface area contributed by atoms with E-state index < -0.39 is 34.4 Å². The summed E-state index contributed by atoms with van der Waals surface area (Å²) < 4.78 is 42.0. The van der Waals surface area contributed by atoms with Crippen molar-refractivity contribution in [3.8, 4) is 0 Å². The quantitative estimate of drug-likeness (QED) is 0.772. The highest BCUT2D eigenvalue weighted by atomic mass is 79.9. The van der Waals surface area contributed by atoms with Crippen LogP contribution in [0.25, 0.3) is 0 Å². The second-order valence-corrected chi connectivity index (χ2v) is 4.87. The summed E-state index contributed by atoms with van der Waals surface area (Å²) in [6.07, 6.45) is -2.93. The molecule has 2 atom stereocenters. The van der Waals surface area contributed by atoms with Crippen LogP contribution in [0.1, 0.15) is 6.42 Å². The van der Waals surface area contributed by atoms with Gasteiger partial charge in [0.1, 0.15) is 0 Å². The summed E-state index contributed by atoms with van der Waals surface area (Å²) >= 11 is 7.55. The predicted octanol–water partition coefficient (Wildman–Crippen LogP) is 2.75. The van der Waals surface area contributed by atoms with Crippen LogP contribution in [-0.2, 0) is 4.74 Å². The highest BCUT2D eigenvalue weighted by Gasteiger charge is 2.64. The number of rotatable bonds is 3. The van der Waals surface area contributed by atoms with E-state index in [1.807, 2.05) is 0 Å². The van der Waals surface area contributed by atoms with E-state index in [2.05, 4.69) is 15.9 Å². The lowest BCUT2D eigenvalue weighted by Crippen LogP contribution is -2.60. The van der Waals surface area contributed by atoms with Gasteiger partial charge in [-0.15, -0.1) is 11.6 Å². The van der Waals surface area contributed by atoms with E-state index in [0.717, 1.165) is 0 Å². The first kappa shape index (κ1) is 13.9. The third kappa shape index (κ3) is 2.26. The first-order valence-electron chi connectivity index (χ1n) is 4.33. The molecule has 2 N–H and O–H groups in total. The molecule has 0 aromatic carbocycles. The molecule has 3 nitrogen and oxygen atoms in total. The van der Waals surface area contributed by atoms with Gasteiger partial charge < -0.3 is 15.6 Å². The fourth-order valence-electron chi connectivity index (χ4n) is 1.32. The van der Waals surface area contributed by atoms with Crippen LogP contribution in [0, 0.1) is 10.8 Å². The van der Waals surface area contributed by atoms with Crippen LogP contribution in [0.5, 0.6) is 0 Å². The molecular formula is C8H9BrClF3N2O. The third-order valence-corrected chi connectivity index (χ3v) is 3.31. The van der Waals surface area contributed by atoms with E-state index in [-0.39, 0.29) is 12.5 Å². The van der Waals surface area contributed by atoms with Crippen molar-refractivity contribution in [2.24, 2.45) is 0 Å². The van der Waals surface area contributed by atoms with Gasteiger partial charge in [0.2, 0.25) is 0 Å². The molecule has 0 saturated heterocycles. The first-order valence-corrected chi connectivity index (χ1v) is 5.66. The van der Waals surface area contributed by atoms with Gasteiger partial charge in [0.15, 0.2) is 6.10 Å². The average Bonchev–Trinajstić information content (AvgIpc) is 2.15. The van der Waals surface area contributed by atoms with E-state index in [1.54, 1.807) is 0 Å². The molecule has 1 fully saturated rings. The molecule has 0 radical (unpaired) electrons. The number of hydrogen-bond acceptors (Lipinski definition) is 3. The Kier molecular flexibility index (Phi) is 4.02. The Bertz CT molecular complexity index is 324. The van der Waals surface area contributed by atoms with Crippen LogP contribution in [-0.4, -0.2) is 40.5 Å². The Morgan fingerprint density at radius 1 is 1.44 bits per heavy atom. The van der Waals surface area contributed by atoms with Crippen LogP contribution in [0.2, 0.25) is 0 Å². The summed E-state index contributed by atoms with van der Waals surface area (Å²) in [5.74, 6) is -3.79. The summed E-state index contributed by atoms with van der Waals surface area (Å²) in [6, 6.07) is 0. The zero-order chi connectivity index (χ0) is 12.6. The Balaban J connectivity index is 2.99. The van der Waals surface area contributed by atoms with Crippen LogP contribution in [0.3, 0.4) is 0 Å².